The Bertz CT molecular complexity index is 1050. The van der Waals surface area contributed by atoms with E-state index < -0.39 is 5.97 Å². The molecule has 0 unspecified atom stereocenters. The van der Waals surface area contributed by atoms with E-state index in [1.54, 1.807) is 23.5 Å². The molecule has 0 fully saturated rings. The number of esters is 1. The molecule has 0 aliphatic carbocycles. The number of fused-ring (bicyclic) bond motifs is 1. The topological polar surface area (TPSA) is 89.9 Å². The minimum atomic E-state index is -0.455. The van der Waals surface area contributed by atoms with Crippen molar-refractivity contribution < 1.29 is 19.1 Å². The second-order valence-corrected chi connectivity index (χ2v) is 8.76. The zero-order valence-corrected chi connectivity index (χ0v) is 18.7. The molecule has 1 amide bonds. The van der Waals surface area contributed by atoms with Gasteiger partial charge in [-0.25, -0.2) is 10.4 Å². The first-order valence-corrected chi connectivity index (χ1v) is 10.9. The van der Waals surface area contributed by atoms with Crippen molar-refractivity contribution in [1.29, 1.82) is 0 Å². The number of ether oxygens (including phenoxy) is 2. The van der Waals surface area contributed by atoms with Gasteiger partial charge in [-0.3, -0.25) is 9.59 Å². The van der Waals surface area contributed by atoms with E-state index in [2.05, 4.69) is 31.4 Å². The third-order valence-electron chi connectivity index (χ3n) is 3.50. The van der Waals surface area contributed by atoms with Crippen molar-refractivity contribution in [3.63, 3.8) is 0 Å². The molecule has 7 nitrogen and oxygen atoms in total. The van der Waals surface area contributed by atoms with E-state index in [-0.39, 0.29) is 17.4 Å². The number of amides is 1. The van der Waals surface area contributed by atoms with E-state index >= 15 is 0 Å². The molecule has 0 aliphatic heterocycles. The largest absolute Gasteiger partial charge is 0.493 e. The number of carbonyl (C=O) groups excluding carboxylic acids is 2. The highest BCUT2D eigenvalue weighted by molar-refractivity contribution is 9.10. The SMILES string of the molecule is COc1cc(/C=N\NC(=O)CSc2nc3ccccc3s2)cc(Br)c1OC(C)=O. The molecule has 0 atom stereocenters. The van der Waals surface area contributed by atoms with E-state index in [0.29, 0.717) is 15.8 Å². The number of nitrogens with zero attached hydrogens (tertiary/aromatic N) is 2. The molecule has 150 valence electrons. The zero-order chi connectivity index (χ0) is 20.8. The van der Waals surface area contributed by atoms with Crippen LogP contribution in [0, 0.1) is 0 Å². The maximum atomic E-state index is 12.0. The molecule has 3 aromatic rings. The summed E-state index contributed by atoms with van der Waals surface area (Å²) in [6.45, 7) is 1.31. The van der Waals surface area contributed by atoms with Crippen LogP contribution in [0.1, 0.15) is 12.5 Å². The predicted octanol–water partition coefficient (Wildman–Crippen LogP) is 4.24. The normalized spacial score (nSPS) is 11.0. The minimum absolute atomic E-state index is 0.204. The summed E-state index contributed by atoms with van der Waals surface area (Å²) in [6, 6.07) is 11.2. The molecule has 0 aliphatic rings. The average Bonchev–Trinajstić information content (AvgIpc) is 3.11. The van der Waals surface area contributed by atoms with Gasteiger partial charge in [-0.1, -0.05) is 23.9 Å². The van der Waals surface area contributed by atoms with Crippen LogP contribution in [0.5, 0.6) is 11.5 Å². The number of thioether (sulfide) groups is 1. The van der Waals surface area contributed by atoms with Crippen molar-refractivity contribution in [2.45, 2.75) is 11.3 Å². The number of para-hydroxylation sites is 1. The van der Waals surface area contributed by atoms with Gasteiger partial charge in [0.15, 0.2) is 15.8 Å². The Morgan fingerprint density at radius 3 is 2.86 bits per heavy atom. The average molecular weight is 494 g/mol. The van der Waals surface area contributed by atoms with Crippen molar-refractivity contribution in [3.05, 3.63) is 46.4 Å². The molecule has 1 heterocycles. The van der Waals surface area contributed by atoms with Gasteiger partial charge in [0, 0.05) is 6.92 Å². The summed E-state index contributed by atoms with van der Waals surface area (Å²) >= 11 is 6.25. The molecular weight excluding hydrogens is 478 g/mol. The van der Waals surface area contributed by atoms with Crippen LogP contribution in [0.2, 0.25) is 0 Å². The number of benzene rings is 2. The maximum absolute atomic E-state index is 12.0. The molecule has 0 saturated heterocycles. The van der Waals surface area contributed by atoms with Gasteiger partial charge in [-0.05, 0) is 45.8 Å². The smallest absolute Gasteiger partial charge is 0.308 e. The number of halogens is 1. The molecule has 0 bridgehead atoms. The van der Waals surface area contributed by atoms with E-state index in [1.807, 2.05) is 24.3 Å². The number of hydrogen-bond acceptors (Lipinski definition) is 8. The van der Waals surface area contributed by atoms with Crippen LogP contribution in [0.3, 0.4) is 0 Å². The Labute approximate surface area is 183 Å². The first-order chi connectivity index (χ1) is 14.0. The van der Waals surface area contributed by atoms with Crippen LogP contribution < -0.4 is 14.9 Å². The monoisotopic (exact) mass is 493 g/mol. The van der Waals surface area contributed by atoms with Gasteiger partial charge in [0.2, 0.25) is 0 Å². The van der Waals surface area contributed by atoms with Gasteiger partial charge in [0.1, 0.15) is 0 Å². The first kappa shape index (κ1) is 21.3. The van der Waals surface area contributed by atoms with Crippen LogP contribution in [0.4, 0.5) is 0 Å². The van der Waals surface area contributed by atoms with Gasteiger partial charge in [-0.2, -0.15) is 5.10 Å². The molecule has 0 spiro atoms. The molecule has 1 aromatic heterocycles. The second kappa shape index (κ2) is 9.86. The summed E-state index contributed by atoms with van der Waals surface area (Å²) in [4.78, 5) is 27.7. The standard InChI is InChI=1S/C19H16BrN3O4S2/c1-11(24)27-18-13(20)7-12(8-15(18)26-2)9-21-23-17(25)10-28-19-22-14-5-3-4-6-16(14)29-19/h3-9H,10H2,1-2H3,(H,23,25)/b21-9-. The third kappa shape index (κ3) is 5.78. The Hall–Kier alpha value is -2.43. The Morgan fingerprint density at radius 2 is 2.14 bits per heavy atom. The van der Waals surface area contributed by atoms with Crippen LogP contribution >= 0.6 is 39.0 Å². The number of hydrazone groups is 1. The first-order valence-electron chi connectivity index (χ1n) is 8.32. The van der Waals surface area contributed by atoms with Crippen molar-refractivity contribution >= 4 is 67.3 Å². The van der Waals surface area contributed by atoms with Crippen molar-refractivity contribution in [2.75, 3.05) is 12.9 Å². The van der Waals surface area contributed by atoms with E-state index in [1.165, 1.54) is 32.0 Å². The number of nitrogens with one attached hydrogen (secondary N) is 1. The Kier molecular flexibility index (Phi) is 7.24. The highest BCUT2D eigenvalue weighted by Crippen LogP contribution is 2.36. The fourth-order valence-corrected chi connectivity index (χ4v) is 4.71. The predicted molar refractivity (Wildman–Crippen MR) is 118 cm³/mol. The van der Waals surface area contributed by atoms with Crippen LogP contribution in [-0.4, -0.2) is 35.9 Å². The number of methoxy groups -OCH3 is 1. The molecule has 3 rings (SSSR count). The third-order valence-corrected chi connectivity index (χ3v) is 6.27. The number of carbonyl (C=O) groups is 2. The fourth-order valence-electron chi connectivity index (χ4n) is 2.31. The lowest BCUT2D eigenvalue weighted by atomic mass is 10.2. The second-order valence-electron chi connectivity index (χ2n) is 5.66. The molecule has 10 heteroatoms. The summed E-state index contributed by atoms with van der Waals surface area (Å²) in [5.74, 6) is 0.161. The number of rotatable bonds is 7. The molecular formula is C19H16BrN3O4S2. The van der Waals surface area contributed by atoms with Gasteiger partial charge < -0.3 is 9.47 Å². The Morgan fingerprint density at radius 1 is 1.34 bits per heavy atom. The van der Waals surface area contributed by atoms with Crippen LogP contribution in [0.15, 0.2) is 50.3 Å². The highest BCUT2D eigenvalue weighted by Gasteiger charge is 2.13. The quantitative estimate of drug-likeness (QED) is 0.174. The maximum Gasteiger partial charge on any atom is 0.308 e. The molecule has 0 saturated carbocycles. The lowest BCUT2D eigenvalue weighted by Gasteiger charge is -2.10. The number of aromatic nitrogens is 1. The van der Waals surface area contributed by atoms with Crippen molar-refractivity contribution in [2.24, 2.45) is 5.10 Å². The van der Waals surface area contributed by atoms with Crippen LogP contribution in [0.25, 0.3) is 10.2 Å². The van der Waals surface area contributed by atoms with Gasteiger partial charge >= 0.3 is 5.97 Å². The fraction of sp³-hybridized carbons (Fsp3) is 0.158. The number of hydrogen-bond donors (Lipinski definition) is 1. The summed E-state index contributed by atoms with van der Waals surface area (Å²) < 4.78 is 12.8. The summed E-state index contributed by atoms with van der Waals surface area (Å²) in [6.07, 6.45) is 1.48. The van der Waals surface area contributed by atoms with Gasteiger partial charge in [0.05, 0.1) is 33.8 Å². The highest BCUT2D eigenvalue weighted by atomic mass is 79.9. The molecule has 29 heavy (non-hydrogen) atoms. The van der Waals surface area contributed by atoms with Crippen molar-refractivity contribution in [3.8, 4) is 11.5 Å². The van der Waals surface area contributed by atoms with E-state index in [9.17, 15) is 9.59 Å². The number of thiazole rings is 1. The van der Waals surface area contributed by atoms with E-state index in [0.717, 1.165) is 14.6 Å². The molecule has 0 radical (unpaired) electrons. The summed E-state index contributed by atoms with van der Waals surface area (Å²) in [5, 5.41) is 3.96. The van der Waals surface area contributed by atoms with Gasteiger partial charge in [0.25, 0.3) is 5.91 Å². The summed E-state index contributed by atoms with van der Waals surface area (Å²) in [7, 11) is 1.47. The van der Waals surface area contributed by atoms with Crippen LogP contribution in [-0.2, 0) is 9.59 Å². The van der Waals surface area contributed by atoms with E-state index in [4.69, 9.17) is 9.47 Å². The molecule has 2 aromatic carbocycles. The minimum Gasteiger partial charge on any atom is -0.493 e. The lowest BCUT2D eigenvalue weighted by Crippen LogP contribution is -2.19. The molecule has 1 N–H and O–H groups in total. The lowest BCUT2D eigenvalue weighted by molar-refractivity contribution is -0.132. The Balaban J connectivity index is 1.58. The van der Waals surface area contributed by atoms with Crippen molar-refractivity contribution in [1.82, 2.24) is 10.4 Å². The zero-order valence-electron chi connectivity index (χ0n) is 15.5. The summed E-state index contributed by atoms with van der Waals surface area (Å²) in [5.41, 5.74) is 4.07. The van der Waals surface area contributed by atoms with Gasteiger partial charge in [-0.15, -0.1) is 11.3 Å².